The van der Waals surface area contributed by atoms with Crippen LogP contribution in [0.5, 0.6) is 0 Å². The summed E-state index contributed by atoms with van der Waals surface area (Å²) in [4.78, 5) is 4.49. The molecule has 1 aliphatic heterocycles. The Morgan fingerprint density at radius 2 is 2.29 bits per heavy atom. The summed E-state index contributed by atoms with van der Waals surface area (Å²) in [6.07, 6.45) is 7.24. The molecule has 0 bridgehead atoms. The molecule has 0 spiro atoms. The van der Waals surface area contributed by atoms with Gasteiger partial charge < -0.3 is 4.31 Å². The monoisotopic (exact) mass is 206 g/mol. The molecular formula is C11H14N2S. The van der Waals surface area contributed by atoms with E-state index in [0.29, 0.717) is 0 Å². The van der Waals surface area contributed by atoms with Gasteiger partial charge >= 0.3 is 0 Å². The minimum atomic E-state index is 0.793. The second-order valence-electron chi connectivity index (χ2n) is 4.25. The van der Waals surface area contributed by atoms with Gasteiger partial charge in [0.2, 0.25) is 0 Å². The van der Waals surface area contributed by atoms with Crippen molar-refractivity contribution in [3.8, 4) is 0 Å². The van der Waals surface area contributed by atoms with E-state index >= 15 is 0 Å². The Bertz CT molecular complexity index is 360. The van der Waals surface area contributed by atoms with Crippen molar-refractivity contribution in [1.29, 1.82) is 0 Å². The first-order valence-corrected chi connectivity index (χ1v) is 5.70. The average molecular weight is 206 g/mol. The van der Waals surface area contributed by atoms with E-state index in [2.05, 4.69) is 23.9 Å². The maximum absolute atomic E-state index is 4.49. The van der Waals surface area contributed by atoms with Gasteiger partial charge in [-0.25, -0.2) is 4.98 Å². The summed E-state index contributed by atoms with van der Waals surface area (Å²) in [5.41, 5.74) is 2.82. The highest BCUT2D eigenvalue weighted by molar-refractivity contribution is 7.81. The number of nitrogens with zero attached hydrogens (tertiary/aromatic N) is 2. The van der Waals surface area contributed by atoms with E-state index in [1.54, 1.807) is 0 Å². The molecule has 14 heavy (non-hydrogen) atoms. The standard InChI is InChI=1S/C11H14N2S/c14-13-5-4-9-6-10(7-12-11(9)13)8-2-1-3-8/h6-8,14H,1-5H2. The zero-order valence-electron chi connectivity index (χ0n) is 8.11. The molecule has 2 heterocycles. The Hall–Kier alpha value is -0.700. The van der Waals surface area contributed by atoms with E-state index in [1.807, 2.05) is 10.5 Å². The van der Waals surface area contributed by atoms with Crippen molar-refractivity contribution in [3.63, 3.8) is 0 Å². The molecule has 1 fully saturated rings. The van der Waals surface area contributed by atoms with Gasteiger partial charge in [0.05, 0.1) is 0 Å². The van der Waals surface area contributed by atoms with Gasteiger partial charge in [0, 0.05) is 12.7 Å². The summed E-state index contributed by atoms with van der Waals surface area (Å²) >= 11 is 4.37. The van der Waals surface area contributed by atoms with Crippen LogP contribution in [0.15, 0.2) is 12.3 Å². The minimum Gasteiger partial charge on any atom is -0.303 e. The van der Waals surface area contributed by atoms with Crippen molar-refractivity contribution in [2.24, 2.45) is 0 Å². The molecule has 0 radical (unpaired) electrons. The molecule has 3 heteroatoms. The molecule has 0 N–H and O–H groups in total. The third-order valence-electron chi connectivity index (χ3n) is 3.38. The predicted molar refractivity (Wildman–Crippen MR) is 60.9 cm³/mol. The van der Waals surface area contributed by atoms with E-state index in [9.17, 15) is 0 Å². The van der Waals surface area contributed by atoms with Gasteiger partial charge in [0.1, 0.15) is 5.82 Å². The summed E-state index contributed by atoms with van der Waals surface area (Å²) < 4.78 is 1.94. The van der Waals surface area contributed by atoms with Gasteiger partial charge in [0.25, 0.3) is 0 Å². The predicted octanol–water partition coefficient (Wildman–Crippen LogP) is 2.56. The summed E-state index contributed by atoms with van der Waals surface area (Å²) in [6.45, 7) is 1.000. The van der Waals surface area contributed by atoms with Crippen LogP contribution in [0.1, 0.15) is 36.3 Å². The molecule has 1 aromatic heterocycles. The summed E-state index contributed by atoms with van der Waals surface area (Å²) in [5, 5.41) is 0. The Balaban J connectivity index is 1.95. The first-order valence-electron chi connectivity index (χ1n) is 5.30. The summed E-state index contributed by atoms with van der Waals surface area (Å²) in [5.74, 6) is 1.86. The zero-order valence-corrected chi connectivity index (χ0v) is 9.00. The lowest BCUT2D eigenvalue weighted by atomic mass is 9.80. The Kier molecular flexibility index (Phi) is 1.94. The van der Waals surface area contributed by atoms with Crippen LogP contribution in [0.25, 0.3) is 0 Å². The van der Waals surface area contributed by atoms with Gasteiger partial charge in [0.15, 0.2) is 0 Å². The fourth-order valence-electron chi connectivity index (χ4n) is 2.24. The molecule has 1 saturated carbocycles. The molecule has 2 nitrogen and oxygen atoms in total. The normalized spacial score (nSPS) is 20.8. The summed E-state index contributed by atoms with van der Waals surface area (Å²) in [6, 6.07) is 2.34. The number of rotatable bonds is 1. The SMILES string of the molecule is SN1CCc2cc(C3CCC3)cnc21. The van der Waals surface area contributed by atoms with Crippen molar-refractivity contribution in [2.45, 2.75) is 31.6 Å². The average Bonchev–Trinajstić information content (AvgIpc) is 2.45. The minimum absolute atomic E-state index is 0.793. The number of hydrogen-bond donors (Lipinski definition) is 1. The third kappa shape index (κ3) is 1.22. The van der Waals surface area contributed by atoms with E-state index < -0.39 is 0 Å². The number of anilines is 1. The molecule has 0 aromatic carbocycles. The van der Waals surface area contributed by atoms with Crippen molar-refractivity contribution in [3.05, 3.63) is 23.4 Å². The second kappa shape index (κ2) is 3.16. The number of thiol groups is 1. The largest absolute Gasteiger partial charge is 0.303 e. The molecule has 0 atom stereocenters. The number of hydrogen-bond acceptors (Lipinski definition) is 3. The van der Waals surface area contributed by atoms with Crippen LogP contribution in [-0.2, 0) is 6.42 Å². The Morgan fingerprint density at radius 1 is 1.43 bits per heavy atom. The van der Waals surface area contributed by atoms with Gasteiger partial charge in [-0.15, -0.1) is 0 Å². The lowest BCUT2D eigenvalue weighted by molar-refractivity contribution is 0.418. The molecule has 74 valence electrons. The molecule has 1 aliphatic carbocycles. The van der Waals surface area contributed by atoms with Gasteiger partial charge in [-0.2, -0.15) is 0 Å². The molecule has 3 rings (SSSR count). The molecule has 0 unspecified atom stereocenters. The van der Waals surface area contributed by atoms with E-state index in [1.165, 1.54) is 30.4 Å². The quantitative estimate of drug-likeness (QED) is 0.711. The zero-order chi connectivity index (χ0) is 9.54. The van der Waals surface area contributed by atoms with Crippen LogP contribution in [0.2, 0.25) is 0 Å². The van der Waals surface area contributed by atoms with Gasteiger partial charge in [-0.3, -0.25) is 0 Å². The maximum Gasteiger partial charge on any atom is 0.141 e. The maximum atomic E-state index is 4.49. The molecular weight excluding hydrogens is 192 g/mol. The van der Waals surface area contributed by atoms with Crippen molar-refractivity contribution in [2.75, 3.05) is 10.8 Å². The molecule has 0 saturated heterocycles. The topological polar surface area (TPSA) is 16.1 Å². The van der Waals surface area contributed by atoms with Crippen LogP contribution in [-0.4, -0.2) is 11.5 Å². The lowest BCUT2D eigenvalue weighted by Crippen LogP contribution is -2.10. The molecule has 1 aromatic rings. The highest BCUT2D eigenvalue weighted by atomic mass is 32.1. The van der Waals surface area contributed by atoms with Crippen LogP contribution in [0, 0.1) is 0 Å². The van der Waals surface area contributed by atoms with Crippen LogP contribution < -0.4 is 4.31 Å². The van der Waals surface area contributed by atoms with Crippen LogP contribution >= 0.6 is 12.8 Å². The van der Waals surface area contributed by atoms with E-state index in [4.69, 9.17) is 0 Å². The number of aromatic nitrogens is 1. The van der Waals surface area contributed by atoms with Crippen LogP contribution in [0.4, 0.5) is 5.82 Å². The molecule has 0 amide bonds. The van der Waals surface area contributed by atoms with Crippen molar-refractivity contribution < 1.29 is 0 Å². The first-order chi connectivity index (χ1) is 6.84. The smallest absolute Gasteiger partial charge is 0.141 e. The lowest BCUT2D eigenvalue weighted by Gasteiger charge is -2.25. The first kappa shape index (κ1) is 8.60. The van der Waals surface area contributed by atoms with E-state index in [0.717, 1.165) is 24.7 Å². The summed E-state index contributed by atoms with van der Waals surface area (Å²) in [7, 11) is 0. The molecule has 2 aliphatic rings. The fraction of sp³-hybridized carbons (Fsp3) is 0.545. The van der Waals surface area contributed by atoms with E-state index in [-0.39, 0.29) is 0 Å². The fourth-order valence-corrected chi connectivity index (χ4v) is 2.52. The number of fused-ring (bicyclic) bond motifs is 1. The third-order valence-corrected chi connectivity index (χ3v) is 3.77. The number of pyridine rings is 1. The highest BCUT2D eigenvalue weighted by Gasteiger charge is 2.23. The van der Waals surface area contributed by atoms with Gasteiger partial charge in [-0.05, 0) is 36.3 Å². The Morgan fingerprint density at radius 3 is 3.00 bits per heavy atom. The Labute approximate surface area is 89.9 Å². The van der Waals surface area contributed by atoms with Crippen molar-refractivity contribution in [1.82, 2.24) is 4.98 Å². The highest BCUT2D eigenvalue weighted by Crippen LogP contribution is 2.38. The van der Waals surface area contributed by atoms with Crippen LogP contribution in [0.3, 0.4) is 0 Å². The van der Waals surface area contributed by atoms with Crippen molar-refractivity contribution >= 4 is 18.6 Å². The second-order valence-corrected chi connectivity index (χ2v) is 4.74. The van der Waals surface area contributed by atoms with Gasteiger partial charge in [-0.1, -0.05) is 25.3 Å².